The van der Waals surface area contributed by atoms with Crippen LogP contribution in [0, 0.1) is 5.92 Å². The summed E-state index contributed by atoms with van der Waals surface area (Å²) >= 11 is 0. The van der Waals surface area contributed by atoms with Crippen molar-refractivity contribution in [1.29, 1.82) is 0 Å². The molecule has 1 saturated carbocycles. The van der Waals surface area contributed by atoms with Crippen LogP contribution >= 0.6 is 0 Å². The summed E-state index contributed by atoms with van der Waals surface area (Å²) in [6, 6.07) is 27.2. The first-order chi connectivity index (χ1) is 19.6. The number of carbonyl (C=O) groups excluding carboxylic acids is 2. The second-order valence-electron chi connectivity index (χ2n) is 11.4. The smallest absolute Gasteiger partial charge is 0.397 e. The summed E-state index contributed by atoms with van der Waals surface area (Å²) in [7, 11) is -3.62. The van der Waals surface area contributed by atoms with Crippen LogP contribution in [0.25, 0.3) is 0 Å². The summed E-state index contributed by atoms with van der Waals surface area (Å²) in [5.74, 6) is -2.06. The Bertz CT molecular complexity index is 1420. The van der Waals surface area contributed by atoms with Gasteiger partial charge in [-0.25, -0.2) is 23.0 Å². The molecule has 5 rings (SSSR count). The van der Waals surface area contributed by atoms with Crippen molar-refractivity contribution in [3.8, 4) is 0 Å². The average molecular weight is 578 g/mol. The van der Waals surface area contributed by atoms with Gasteiger partial charge in [0.05, 0.1) is 10.6 Å². The van der Waals surface area contributed by atoms with Gasteiger partial charge in [0.25, 0.3) is 0 Å². The van der Waals surface area contributed by atoms with Crippen LogP contribution in [0.3, 0.4) is 0 Å². The Labute approximate surface area is 241 Å². The van der Waals surface area contributed by atoms with E-state index in [1.54, 1.807) is 44.2 Å². The summed E-state index contributed by atoms with van der Waals surface area (Å²) in [4.78, 5) is 39.9. The van der Waals surface area contributed by atoms with Crippen molar-refractivity contribution >= 4 is 21.7 Å². The van der Waals surface area contributed by atoms with Crippen molar-refractivity contribution in [2.24, 2.45) is 5.92 Å². The van der Waals surface area contributed by atoms with Crippen molar-refractivity contribution in [3.63, 3.8) is 0 Å². The minimum atomic E-state index is -3.62. The van der Waals surface area contributed by atoms with E-state index in [4.69, 9.17) is 14.5 Å². The Balaban J connectivity index is 1.26. The van der Waals surface area contributed by atoms with Crippen LogP contribution in [0.15, 0.2) is 95.9 Å². The SMILES string of the molecule is C[C@]1(CS(=O)(=O)c2ccccc2)OO[C@@H]2C[C@H]1CC[C@@]2(C)OC(=O)C(=O)N(Cc1ccccc1)Cc1ccccc1. The van der Waals surface area contributed by atoms with Gasteiger partial charge in [0.1, 0.15) is 17.3 Å². The quantitative estimate of drug-likeness (QED) is 0.214. The first kappa shape index (κ1) is 29.0. The first-order valence-electron chi connectivity index (χ1n) is 13.8. The van der Waals surface area contributed by atoms with Crippen LogP contribution in [0.2, 0.25) is 0 Å². The van der Waals surface area contributed by atoms with E-state index >= 15 is 0 Å². The Hall–Kier alpha value is -3.53. The Morgan fingerprint density at radius 2 is 1.41 bits per heavy atom. The van der Waals surface area contributed by atoms with Crippen LogP contribution in [-0.2, 0) is 47.0 Å². The zero-order chi connectivity index (χ0) is 29.1. The first-order valence-corrected chi connectivity index (χ1v) is 15.5. The molecule has 1 aliphatic heterocycles. The highest BCUT2D eigenvalue weighted by atomic mass is 32.2. The van der Waals surface area contributed by atoms with Crippen LogP contribution in [0.5, 0.6) is 0 Å². The molecular weight excluding hydrogens is 542 g/mol. The lowest BCUT2D eigenvalue weighted by Crippen LogP contribution is -2.60. The molecule has 3 aromatic rings. The highest BCUT2D eigenvalue weighted by Gasteiger charge is 2.56. The number of hydrogen-bond donors (Lipinski definition) is 0. The lowest BCUT2D eigenvalue weighted by atomic mass is 9.71. The zero-order valence-corrected chi connectivity index (χ0v) is 24.1. The summed E-state index contributed by atoms with van der Waals surface area (Å²) in [6.07, 6.45) is 0.762. The minimum absolute atomic E-state index is 0.130. The molecule has 1 aliphatic carbocycles. The van der Waals surface area contributed by atoms with Crippen molar-refractivity contribution in [2.75, 3.05) is 5.75 Å². The lowest BCUT2D eigenvalue weighted by Gasteiger charge is -2.51. The molecule has 1 heterocycles. The highest BCUT2D eigenvalue weighted by molar-refractivity contribution is 7.91. The molecule has 2 aliphatic rings. The van der Waals surface area contributed by atoms with Crippen LogP contribution in [0.4, 0.5) is 0 Å². The third-order valence-electron chi connectivity index (χ3n) is 8.19. The molecule has 41 heavy (non-hydrogen) atoms. The monoisotopic (exact) mass is 577 g/mol. The van der Waals surface area contributed by atoms with Crippen LogP contribution in [0.1, 0.15) is 44.2 Å². The molecule has 0 spiro atoms. The number of ether oxygens (including phenoxy) is 1. The number of sulfone groups is 1. The molecule has 9 heteroatoms. The van der Waals surface area contributed by atoms with E-state index in [0.717, 1.165) is 11.1 Å². The van der Waals surface area contributed by atoms with Crippen molar-refractivity contribution < 1.29 is 32.5 Å². The number of carbonyl (C=O) groups is 2. The molecule has 2 bridgehead atoms. The maximum atomic E-state index is 13.4. The number of esters is 1. The summed E-state index contributed by atoms with van der Waals surface area (Å²) in [6.45, 7) is 3.99. The largest absolute Gasteiger partial charge is 0.449 e. The van der Waals surface area contributed by atoms with Gasteiger partial charge in [-0.15, -0.1) is 0 Å². The molecular formula is C32H35NO7S. The topological polar surface area (TPSA) is 99.2 Å². The molecule has 1 saturated heterocycles. The molecule has 2 fully saturated rings. The van der Waals surface area contributed by atoms with Gasteiger partial charge in [-0.1, -0.05) is 78.9 Å². The third-order valence-corrected chi connectivity index (χ3v) is 10.1. The van der Waals surface area contributed by atoms with Gasteiger partial charge in [0.15, 0.2) is 9.84 Å². The van der Waals surface area contributed by atoms with Gasteiger partial charge in [0, 0.05) is 13.1 Å². The van der Waals surface area contributed by atoms with Gasteiger partial charge in [-0.05, 0) is 62.3 Å². The van der Waals surface area contributed by atoms with Crippen molar-refractivity contribution in [1.82, 2.24) is 4.90 Å². The fourth-order valence-electron chi connectivity index (χ4n) is 5.72. The standard InChI is InChI=1S/C32H35NO7S/c1-31(19-18-26-20-28(31)39-40-32(26,2)23-41(36,37)27-16-10-5-11-17-27)38-30(35)29(34)33(21-24-12-6-3-7-13-24)22-25-14-8-4-9-15-25/h3-17,26,28H,18-23H2,1-2H3/t26-,28-,31-,32-/m1/s1. The predicted molar refractivity (Wildman–Crippen MR) is 152 cm³/mol. The molecule has 4 atom stereocenters. The molecule has 1 amide bonds. The van der Waals surface area contributed by atoms with Gasteiger partial charge >= 0.3 is 11.9 Å². The number of amides is 1. The fourth-order valence-corrected chi connectivity index (χ4v) is 7.49. The number of fused-ring (bicyclic) bond motifs is 2. The highest BCUT2D eigenvalue weighted by Crippen LogP contribution is 2.47. The Morgan fingerprint density at radius 1 is 0.878 bits per heavy atom. The fraction of sp³-hybridized carbons (Fsp3) is 0.375. The second-order valence-corrected chi connectivity index (χ2v) is 13.3. The van der Waals surface area contributed by atoms with E-state index in [9.17, 15) is 18.0 Å². The molecule has 0 aromatic heterocycles. The van der Waals surface area contributed by atoms with Crippen LogP contribution < -0.4 is 0 Å². The third kappa shape index (κ3) is 6.53. The van der Waals surface area contributed by atoms with E-state index in [1.807, 2.05) is 60.7 Å². The van der Waals surface area contributed by atoms with E-state index in [2.05, 4.69) is 0 Å². The number of rotatable bonds is 8. The molecule has 0 radical (unpaired) electrons. The number of nitrogens with zero attached hydrogens (tertiary/aromatic N) is 1. The Kier molecular flexibility index (Phi) is 8.31. The molecule has 216 valence electrons. The van der Waals surface area contributed by atoms with Gasteiger partial charge in [-0.2, -0.15) is 0 Å². The molecule has 0 N–H and O–H groups in total. The van der Waals surface area contributed by atoms with E-state index in [1.165, 1.54) is 4.90 Å². The van der Waals surface area contributed by atoms with Gasteiger partial charge < -0.3 is 9.64 Å². The average Bonchev–Trinajstić information content (AvgIpc) is 2.97. The normalized spacial score (nSPS) is 25.7. The summed E-state index contributed by atoms with van der Waals surface area (Å²) in [5, 5.41) is 0. The minimum Gasteiger partial charge on any atom is -0.449 e. The number of hydrogen-bond acceptors (Lipinski definition) is 7. The second kappa shape index (κ2) is 11.8. The van der Waals surface area contributed by atoms with E-state index in [0.29, 0.717) is 19.3 Å². The summed E-state index contributed by atoms with van der Waals surface area (Å²) < 4.78 is 32.1. The van der Waals surface area contributed by atoms with E-state index < -0.39 is 39.0 Å². The maximum Gasteiger partial charge on any atom is 0.397 e. The van der Waals surface area contributed by atoms with Crippen molar-refractivity contribution in [3.05, 3.63) is 102 Å². The number of benzene rings is 3. The molecule has 3 aromatic carbocycles. The predicted octanol–water partition coefficient (Wildman–Crippen LogP) is 4.88. The van der Waals surface area contributed by atoms with E-state index in [-0.39, 0.29) is 29.7 Å². The maximum absolute atomic E-state index is 13.4. The lowest BCUT2D eigenvalue weighted by molar-refractivity contribution is -0.441. The molecule has 0 unspecified atom stereocenters. The Morgan fingerprint density at radius 3 is 1.98 bits per heavy atom. The summed E-state index contributed by atoms with van der Waals surface area (Å²) in [5.41, 5.74) is -0.377. The van der Waals surface area contributed by atoms with Crippen molar-refractivity contribution in [2.45, 2.75) is 68.4 Å². The van der Waals surface area contributed by atoms with Crippen LogP contribution in [-0.4, -0.2) is 48.3 Å². The molecule has 8 nitrogen and oxygen atoms in total. The zero-order valence-electron chi connectivity index (χ0n) is 23.3. The van der Waals surface area contributed by atoms with Gasteiger partial charge in [-0.3, -0.25) is 4.79 Å². The van der Waals surface area contributed by atoms with Gasteiger partial charge in [0.2, 0.25) is 0 Å².